The van der Waals surface area contributed by atoms with Crippen molar-refractivity contribution in [1.29, 1.82) is 0 Å². The van der Waals surface area contributed by atoms with Gasteiger partial charge in [-0.3, -0.25) is 0 Å². The van der Waals surface area contributed by atoms with Crippen LogP contribution in [0.1, 0.15) is 76.2 Å². The van der Waals surface area contributed by atoms with Crippen molar-refractivity contribution < 1.29 is 4.52 Å². The highest BCUT2D eigenvalue weighted by molar-refractivity contribution is 14.0. The highest BCUT2D eigenvalue weighted by atomic mass is 127. The van der Waals surface area contributed by atoms with Gasteiger partial charge in [0.15, 0.2) is 11.7 Å². The number of rotatable bonds is 6. The summed E-state index contributed by atoms with van der Waals surface area (Å²) in [5.74, 6) is 1.77. The number of nitrogens with zero attached hydrogens (tertiary/aromatic N) is 2. The van der Waals surface area contributed by atoms with Gasteiger partial charge in [0, 0.05) is 18.0 Å². The molecule has 2 rings (SSSR count). The van der Waals surface area contributed by atoms with Crippen molar-refractivity contribution >= 4 is 29.9 Å². The molecular formula is C16H29IN4O. The van der Waals surface area contributed by atoms with Crippen LogP contribution in [0.25, 0.3) is 0 Å². The van der Waals surface area contributed by atoms with E-state index in [0.29, 0.717) is 24.5 Å². The van der Waals surface area contributed by atoms with Crippen LogP contribution < -0.4 is 11.1 Å². The van der Waals surface area contributed by atoms with Gasteiger partial charge in [-0.05, 0) is 25.7 Å². The van der Waals surface area contributed by atoms with Gasteiger partial charge in [-0.15, -0.1) is 24.0 Å². The summed E-state index contributed by atoms with van der Waals surface area (Å²) < 4.78 is 5.35. The predicted molar refractivity (Wildman–Crippen MR) is 101 cm³/mol. The highest BCUT2D eigenvalue weighted by Crippen LogP contribution is 2.22. The van der Waals surface area contributed by atoms with Gasteiger partial charge in [0.1, 0.15) is 6.54 Å². The first kappa shape index (κ1) is 19.3. The average Bonchev–Trinajstić information content (AvgIpc) is 2.96. The zero-order valence-electron chi connectivity index (χ0n) is 13.7. The molecule has 1 fully saturated rings. The molecule has 0 spiro atoms. The van der Waals surface area contributed by atoms with Gasteiger partial charge in [0.2, 0.25) is 0 Å². The first-order valence-electron chi connectivity index (χ1n) is 8.24. The topological polar surface area (TPSA) is 76.4 Å². The monoisotopic (exact) mass is 420 g/mol. The Labute approximate surface area is 150 Å². The lowest BCUT2D eigenvalue weighted by molar-refractivity contribution is 0.372. The molecule has 0 aromatic carbocycles. The Morgan fingerprint density at radius 3 is 2.68 bits per heavy atom. The molecule has 0 atom stereocenters. The van der Waals surface area contributed by atoms with E-state index in [0.717, 1.165) is 24.3 Å². The van der Waals surface area contributed by atoms with Crippen LogP contribution in [0.2, 0.25) is 0 Å². The normalized spacial score (nSPS) is 16.6. The van der Waals surface area contributed by atoms with E-state index in [1.165, 1.54) is 32.1 Å². The average molecular weight is 420 g/mol. The van der Waals surface area contributed by atoms with Crippen LogP contribution in [-0.2, 0) is 6.54 Å². The second-order valence-corrected chi connectivity index (χ2v) is 5.91. The van der Waals surface area contributed by atoms with E-state index < -0.39 is 0 Å². The molecule has 0 aliphatic heterocycles. The van der Waals surface area contributed by atoms with Crippen molar-refractivity contribution in [2.45, 2.75) is 77.3 Å². The molecule has 5 nitrogen and oxygen atoms in total. The molecule has 0 saturated heterocycles. The van der Waals surface area contributed by atoms with Crippen LogP contribution in [0.3, 0.4) is 0 Å². The summed E-state index contributed by atoms with van der Waals surface area (Å²) in [5.41, 5.74) is 6.98. The summed E-state index contributed by atoms with van der Waals surface area (Å²) in [6.45, 7) is 4.80. The Bertz CT molecular complexity index is 451. The fraction of sp³-hybridized carbons (Fsp3) is 0.750. The minimum absolute atomic E-state index is 0. The van der Waals surface area contributed by atoms with Crippen molar-refractivity contribution in [2.24, 2.45) is 10.7 Å². The standard InChI is InChI=1S/C16H28N4O.HI/c1-3-12(4-2)15-10-14(21-20-15)11-18-16(17)19-13-8-6-5-7-9-13;/h10,12-13H,3-9,11H2,1-2H3,(H3,17,18,19);1H. The van der Waals surface area contributed by atoms with E-state index in [1.807, 2.05) is 6.07 Å². The summed E-state index contributed by atoms with van der Waals surface area (Å²) in [6.07, 6.45) is 8.45. The van der Waals surface area contributed by atoms with Crippen LogP contribution >= 0.6 is 24.0 Å². The van der Waals surface area contributed by atoms with Crippen molar-refractivity contribution in [3.05, 3.63) is 17.5 Å². The van der Waals surface area contributed by atoms with Gasteiger partial charge in [-0.1, -0.05) is 38.3 Å². The molecule has 3 N–H and O–H groups in total. The van der Waals surface area contributed by atoms with Gasteiger partial charge in [0.25, 0.3) is 0 Å². The smallest absolute Gasteiger partial charge is 0.189 e. The van der Waals surface area contributed by atoms with Crippen LogP contribution in [0.5, 0.6) is 0 Å². The molecule has 0 bridgehead atoms. The minimum Gasteiger partial charge on any atom is -0.370 e. The summed E-state index contributed by atoms with van der Waals surface area (Å²) in [7, 11) is 0. The van der Waals surface area contributed by atoms with Gasteiger partial charge < -0.3 is 15.6 Å². The fourth-order valence-electron chi connectivity index (χ4n) is 2.97. The molecule has 1 aromatic rings. The third-order valence-corrected chi connectivity index (χ3v) is 4.34. The van der Waals surface area contributed by atoms with Crippen molar-refractivity contribution in [2.75, 3.05) is 0 Å². The van der Waals surface area contributed by atoms with Crippen molar-refractivity contribution in [3.63, 3.8) is 0 Å². The maximum Gasteiger partial charge on any atom is 0.189 e. The maximum atomic E-state index is 5.95. The molecule has 126 valence electrons. The SMILES string of the molecule is CCC(CC)c1cc(CN=C(N)NC2CCCCC2)on1.I. The summed E-state index contributed by atoms with van der Waals surface area (Å²) in [4.78, 5) is 4.36. The lowest BCUT2D eigenvalue weighted by Crippen LogP contribution is -2.41. The van der Waals surface area contributed by atoms with Gasteiger partial charge >= 0.3 is 0 Å². The van der Waals surface area contributed by atoms with Gasteiger partial charge in [0.05, 0.1) is 5.69 Å². The van der Waals surface area contributed by atoms with Crippen molar-refractivity contribution in [3.8, 4) is 0 Å². The van der Waals surface area contributed by atoms with Crippen LogP contribution in [0.4, 0.5) is 0 Å². The Kier molecular flexibility index (Phi) is 8.82. The third kappa shape index (κ3) is 5.78. The number of hydrogen-bond acceptors (Lipinski definition) is 3. The molecule has 0 radical (unpaired) electrons. The van der Waals surface area contributed by atoms with Gasteiger partial charge in [-0.2, -0.15) is 0 Å². The summed E-state index contributed by atoms with van der Waals surface area (Å²) in [5, 5.41) is 7.45. The number of halogens is 1. The van der Waals surface area contributed by atoms with Gasteiger partial charge in [-0.25, -0.2) is 4.99 Å². The molecule has 1 aliphatic carbocycles. The fourth-order valence-corrected chi connectivity index (χ4v) is 2.97. The number of hydrogen-bond donors (Lipinski definition) is 2. The summed E-state index contributed by atoms with van der Waals surface area (Å²) >= 11 is 0. The van der Waals surface area contributed by atoms with Crippen molar-refractivity contribution in [1.82, 2.24) is 10.5 Å². The molecule has 0 amide bonds. The van der Waals surface area contributed by atoms with Crippen LogP contribution in [-0.4, -0.2) is 17.2 Å². The molecule has 1 aliphatic rings. The first-order chi connectivity index (χ1) is 10.2. The van der Waals surface area contributed by atoms with Crippen LogP contribution in [0, 0.1) is 0 Å². The number of nitrogens with one attached hydrogen (secondary N) is 1. The molecule has 1 saturated carbocycles. The number of nitrogens with two attached hydrogens (primary N) is 1. The highest BCUT2D eigenvalue weighted by Gasteiger charge is 2.14. The van der Waals surface area contributed by atoms with Crippen LogP contribution in [0.15, 0.2) is 15.6 Å². The number of aliphatic imine (C=N–C) groups is 1. The molecule has 0 unspecified atom stereocenters. The second-order valence-electron chi connectivity index (χ2n) is 5.91. The Hall–Kier alpha value is -0.790. The predicted octanol–water partition coefficient (Wildman–Crippen LogP) is 3.93. The third-order valence-electron chi connectivity index (χ3n) is 4.34. The Morgan fingerprint density at radius 1 is 1.36 bits per heavy atom. The molecule has 1 aromatic heterocycles. The molecule has 22 heavy (non-hydrogen) atoms. The zero-order valence-corrected chi connectivity index (χ0v) is 16.0. The van der Waals surface area contributed by atoms with E-state index in [4.69, 9.17) is 10.3 Å². The quantitative estimate of drug-likeness (QED) is 0.415. The zero-order chi connectivity index (χ0) is 15.1. The lowest BCUT2D eigenvalue weighted by atomic mass is 9.96. The molecule has 6 heteroatoms. The van der Waals surface area contributed by atoms with E-state index in [1.54, 1.807) is 0 Å². The largest absolute Gasteiger partial charge is 0.370 e. The number of guanidine groups is 1. The second kappa shape index (κ2) is 10.1. The first-order valence-corrected chi connectivity index (χ1v) is 8.24. The Morgan fingerprint density at radius 2 is 2.05 bits per heavy atom. The van der Waals surface area contributed by atoms with E-state index in [9.17, 15) is 0 Å². The van der Waals surface area contributed by atoms with E-state index in [-0.39, 0.29) is 24.0 Å². The Balaban J connectivity index is 0.00000242. The molecular weight excluding hydrogens is 391 g/mol. The summed E-state index contributed by atoms with van der Waals surface area (Å²) in [6, 6.07) is 2.49. The molecule has 1 heterocycles. The maximum absolute atomic E-state index is 5.95. The van der Waals surface area contributed by atoms with E-state index in [2.05, 4.69) is 29.3 Å². The lowest BCUT2D eigenvalue weighted by Gasteiger charge is -2.23. The minimum atomic E-state index is 0. The van der Waals surface area contributed by atoms with E-state index >= 15 is 0 Å². The number of aromatic nitrogens is 1.